The Morgan fingerprint density at radius 1 is 1.06 bits per heavy atom. The van der Waals surface area contributed by atoms with E-state index >= 15 is 0 Å². The maximum atomic E-state index is 13.5. The van der Waals surface area contributed by atoms with Crippen LogP contribution in [0.4, 0.5) is 5.69 Å². The number of amides is 1. The second-order valence-electron chi connectivity index (χ2n) is 9.09. The number of hydrogen-bond acceptors (Lipinski definition) is 4. The minimum absolute atomic E-state index is 0.104. The van der Waals surface area contributed by atoms with Gasteiger partial charge in [0, 0.05) is 31.5 Å². The molecule has 0 unspecified atom stereocenters. The van der Waals surface area contributed by atoms with E-state index in [9.17, 15) is 4.79 Å². The highest BCUT2D eigenvalue weighted by molar-refractivity contribution is 9.10. The molecule has 5 nitrogen and oxygen atoms in total. The summed E-state index contributed by atoms with van der Waals surface area (Å²) >= 11 is 3.64. The van der Waals surface area contributed by atoms with Gasteiger partial charge in [0.1, 0.15) is 12.4 Å². The molecule has 1 amide bonds. The molecule has 0 saturated heterocycles. The molecule has 0 spiro atoms. The molecule has 0 radical (unpaired) electrons. The van der Waals surface area contributed by atoms with E-state index in [0.717, 1.165) is 56.3 Å². The highest BCUT2D eigenvalue weighted by atomic mass is 79.9. The summed E-state index contributed by atoms with van der Waals surface area (Å²) in [4.78, 5) is 21.7. The van der Waals surface area contributed by atoms with Gasteiger partial charge in [0.25, 0.3) is 0 Å². The molecule has 0 saturated carbocycles. The Labute approximate surface area is 214 Å². The maximum Gasteiger partial charge on any atom is 0.231 e. The third-order valence-corrected chi connectivity index (χ3v) is 7.09. The van der Waals surface area contributed by atoms with Crippen molar-refractivity contribution in [2.45, 2.75) is 12.8 Å². The topological polar surface area (TPSA) is 45.7 Å². The lowest BCUT2D eigenvalue weighted by Crippen LogP contribution is -2.30. The number of anilines is 1. The molecule has 1 aromatic heterocycles. The quantitative estimate of drug-likeness (QED) is 0.306. The first-order chi connectivity index (χ1) is 17.0. The monoisotopic (exact) mass is 529 g/mol. The van der Waals surface area contributed by atoms with Gasteiger partial charge in [-0.1, -0.05) is 36.4 Å². The molecule has 0 N–H and O–H groups in total. The van der Waals surface area contributed by atoms with Crippen molar-refractivity contribution in [1.82, 2.24) is 9.88 Å². The van der Waals surface area contributed by atoms with Gasteiger partial charge in [0.05, 0.1) is 16.6 Å². The molecule has 178 valence electrons. The van der Waals surface area contributed by atoms with Gasteiger partial charge in [-0.05, 0) is 87.7 Å². The number of benzene rings is 3. The fourth-order valence-corrected chi connectivity index (χ4v) is 5.16. The van der Waals surface area contributed by atoms with Gasteiger partial charge >= 0.3 is 0 Å². The average Bonchev–Trinajstić information content (AvgIpc) is 3.27. The summed E-state index contributed by atoms with van der Waals surface area (Å²) in [6.45, 7) is 2.11. The molecular weight excluding hydrogens is 502 g/mol. The predicted octanol–water partition coefficient (Wildman–Crippen LogP) is 5.74. The van der Waals surface area contributed by atoms with Crippen LogP contribution in [0.1, 0.15) is 11.1 Å². The van der Waals surface area contributed by atoms with Crippen molar-refractivity contribution in [1.29, 1.82) is 0 Å². The molecule has 1 aliphatic heterocycles. The van der Waals surface area contributed by atoms with Gasteiger partial charge in [-0.25, -0.2) is 0 Å². The maximum absolute atomic E-state index is 13.5. The van der Waals surface area contributed by atoms with Crippen LogP contribution in [-0.2, 0) is 17.6 Å². The van der Waals surface area contributed by atoms with Crippen LogP contribution in [0.25, 0.3) is 21.9 Å². The summed E-state index contributed by atoms with van der Waals surface area (Å²) in [6, 6.07) is 20.6. The molecule has 0 atom stereocenters. The summed E-state index contributed by atoms with van der Waals surface area (Å²) in [5.41, 5.74) is 5.43. The van der Waals surface area contributed by atoms with Crippen molar-refractivity contribution >= 4 is 38.3 Å². The smallest absolute Gasteiger partial charge is 0.231 e. The van der Waals surface area contributed by atoms with Crippen molar-refractivity contribution in [3.63, 3.8) is 0 Å². The number of rotatable bonds is 7. The molecule has 1 aliphatic rings. The Balaban J connectivity index is 1.41. The SMILES string of the molecule is CN(C)CCOc1cc2c(cc1Br)CCN2C(=O)Cc1ccc(-c2ccncc2)c2ccccc12. The van der Waals surface area contributed by atoms with Crippen LogP contribution in [0.2, 0.25) is 0 Å². The van der Waals surface area contributed by atoms with E-state index in [2.05, 4.69) is 56.1 Å². The van der Waals surface area contributed by atoms with E-state index in [0.29, 0.717) is 19.6 Å². The Morgan fingerprint density at radius 2 is 1.83 bits per heavy atom. The zero-order chi connectivity index (χ0) is 24.4. The molecule has 2 heterocycles. The van der Waals surface area contributed by atoms with Gasteiger partial charge in [-0.15, -0.1) is 0 Å². The number of ether oxygens (including phenoxy) is 1. The van der Waals surface area contributed by atoms with Crippen molar-refractivity contribution < 1.29 is 9.53 Å². The van der Waals surface area contributed by atoms with Crippen molar-refractivity contribution in [3.05, 3.63) is 88.7 Å². The van der Waals surface area contributed by atoms with E-state index in [-0.39, 0.29) is 5.91 Å². The minimum Gasteiger partial charge on any atom is -0.491 e. The van der Waals surface area contributed by atoms with Gasteiger partial charge in [0.2, 0.25) is 5.91 Å². The van der Waals surface area contributed by atoms with E-state index in [1.807, 2.05) is 61.7 Å². The third kappa shape index (κ3) is 4.95. The number of fused-ring (bicyclic) bond motifs is 2. The number of likely N-dealkylation sites (N-methyl/N-ethyl adjacent to an activating group) is 1. The van der Waals surface area contributed by atoms with Gasteiger partial charge in [-0.2, -0.15) is 0 Å². The minimum atomic E-state index is 0.104. The van der Waals surface area contributed by atoms with Gasteiger partial charge in [0.15, 0.2) is 0 Å². The molecule has 0 bridgehead atoms. The predicted molar refractivity (Wildman–Crippen MR) is 145 cm³/mol. The van der Waals surface area contributed by atoms with E-state index in [1.54, 1.807) is 0 Å². The Kier molecular flexibility index (Phi) is 6.84. The second-order valence-corrected chi connectivity index (χ2v) is 9.94. The van der Waals surface area contributed by atoms with Crippen LogP contribution < -0.4 is 9.64 Å². The van der Waals surface area contributed by atoms with E-state index in [1.165, 1.54) is 5.56 Å². The molecule has 4 aromatic rings. The highest BCUT2D eigenvalue weighted by Gasteiger charge is 2.27. The molecule has 6 heteroatoms. The molecule has 35 heavy (non-hydrogen) atoms. The van der Waals surface area contributed by atoms with Crippen LogP contribution in [0, 0.1) is 0 Å². The van der Waals surface area contributed by atoms with E-state index < -0.39 is 0 Å². The number of carbonyl (C=O) groups excluding carboxylic acids is 1. The lowest BCUT2D eigenvalue weighted by molar-refractivity contribution is -0.117. The first-order valence-corrected chi connectivity index (χ1v) is 12.6. The van der Waals surface area contributed by atoms with E-state index in [4.69, 9.17) is 4.74 Å². The Hall–Kier alpha value is -3.22. The standard InChI is InChI=1S/C29H28BrN3O2/c1-32(2)15-16-35-28-19-27-22(17-26(28)30)11-14-33(27)29(34)18-21-7-8-24(20-9-12-31-13-10-20)25-6-4-3-5-23(21)25/h3-10,12-13,17,19H,11,14-16,18H2,1-2H3. The fourth-order valence-electron chi connectivity index (χ4n) is 4.65. The molecule has 3 aromatic carbocycles. The average molecular weight is 530 g/mol. The molecule has 0 aliphatic carbocycles. The summed E-state index contributed by atoms with van der Waals surface area (Å²) in [5, 5.41) is 2.25. The highest BCUT2D eigenvalue weighted by Crippen LogP contribution is 2.38. The zero-order valence-corrected chi connectivity index (χ0v) is 21.6. The van der Waals surface area contributed by atoms with Crippen molar-refractivity contribution in [3.8, 4) is 16.9 Å². The molecular formula is C29H28BrN3O2. The third-order valence-electron chi connectivity index (χ3n) is 6.47. The molecule has 5 rings (SSSR count). The van der Waals surface area contributed by atoms with Crippen molar-refractivity contribution in [2.75, 3.05) is 38.7 Å². The lowest BCUT2D eigenvalue weighted by Gasteiger charge is -2.20. The summed E-state index contributed by atoms with van der Waals surface area (Å²) in [6.07, 6.45) is 4.81. The van der Waals surface area contributed by atoms with Crippen molar-refractivity contribution in [2.24, 2.45) is 0 Å². The van der Waals surface area contributed by atoms with Crippen LogP contribution in [0.3, 0.4) is 0 Å². The number of nitrogens with zero attached hydrogens (tertiary/aromatic N) is 3. The number of hydrogen-bond donors (Lipinski definition) is 0. The summed E-state index contributed by atoms with van der Waals surface area (Å²) < 4.78 is 6.93. The van der Waals surface area contributed by atoms with Crippen LogP contribution in [0.5, 0.6) is 5.75 Å². The lowest BCUT2D eigenvalue weighted by atomic mass is 9.94. The largest absolute Gasteiger partial charge is 0.491 e. The Morgan fingerprint density at radius 3 is 2.60 bits per heavy atom. The number of pyridine rings is 1. The Bertz CT molecular complexity index is 1370. The normalized spacial score (nSPS) is 12.9. The van der Waals surface area contributed by atoms with Gasteiger partial charge < -0.3 is 14.5 Å². The van der Waals surface area contributed by atoms with Crippen LogP contribution in [-0.4, -0.2) is 49.6 Å². The number of aromatic nitrogens is 1. The van der Waals surface area contributed by atoms with Gasteiger partial charge in [-0.3, -0.25) is 9.78 Å². The number of carbonyl (C=O) groups is 1. The van der Waals surface area contributed by atoms with Crippen LogP contribution >= 0.6 is 15.9 Å². The fraction of sp³-hybridized carbons (Fsp3) is 0.241. The first kappa shape index (κ1) is 23.5. The first-order valence-electron chi connectivity index (χ1n) is 11.8. The van der Waals surface area contributed by atoms with Crippen LogP contribution in [0.15, 0.2) is 77.5 Å². The molecule has 0 fully saturated rings. The number of halogens is 1. The summed E-state index contributed by atoms with van der Waals surface area (Å²) in [7, 11) is 4.05. The summed E-state index contributed by atoms with van der Waals surface area (Å²) in [5.74, 6) is 0.879. The second kappa shape index (κ2) is 10.2. The zero-order valence-electron chi connectivity index (χ0n) is 20.0.